The van der Waals surface area contributed by atoms with Crippen LogP contribution in [0.5, 0.6) is 5.75 Å². The molecule has 10 heteroatoms. The molecule has 32 heavy (non-hydrogen) atoms. The van der Waals surface area contributed by atoms with Crippen molar-refractivity contribution in [2.24, 2.45) is 4.99 Å². The quantitative estimate of drug-likeness (QED) is 0.688. The summed E-state index contributed by atoms with van der Waals surface area (Å²) in [5, 5.41) is 0.673. The standard InChI is InChI=1S/C22H25ClN4O4S/c1-16(24-21-19-4-2-3-5-20(19)32(29,30)25-21)22(28)27-12-10-26(11-13-27)14-15-31-18-8-6-17(23)7-9-18/h2-9,16H,10-15H2,1H3,(H,24,25)/t16-/m0/s1. The minimum absolute atomic E-state index is 0.113. The van der Waals surface area contributed by atoms with Gasteiger partial charge in [0, 0.05) is 43.3 Å². The highest BCUT2D eigenvalue weighted by atomic mass is 35.5. The molecule has 8 nitrogen and oxygen atoms in total. The molecule has 2 aliphatic heterocycles. The molecule has 2 heterocycles. The van der Waals surface area contributed by atoms with Crippen molar-refractivity contribution in [1.82, 2.24) is 14.5 Å². The number of aliphatic imine (C=N–C) groups is 1. The smallest absolute Gasteiger partial charge is 0.263 e. The van der Waals surface area contributed by atoms with E-state index in [0.29, 0.717) is 30.3 Å². The summed E-state index contributed by atoms with van der Waals surface area (Å²) in [5.41, 5.74) is 0.498. The van der Waals surface area contributed by atoms with Gasteiger partial charge in [0.2, 0.25) is 5.91 Å². The maximum atomic E-state index is 12.9. The third-order valence-electron chi connectivity index (χ3n) is 5.52. The minimum atomic E-state index is -3.62. The van der Waals surface area contributed by atoms with Crippen molar-refractivity contribution in [2.75, 3.05) is 39.3 Å². The number of piperazine rings is 1. The zero-order valence-corrected chi connectivity index (χ0v) is 19.3. The molecule has 1 saturated heterocycles. The number of fused-ring (bicyclic) bond motifs is 1. The zero-order chi connectivity index (χ0) is 22.7. The van der Waals surface area contributed by atoms with Crippen LogP contribution < -0.4 is 9.46 Å². The molecule has 0 bridgehead atoms. The first-order valence-corrected chi connectivity index (χ1v) is 12.3. The maximum Gasteiger partial charge on any atom is 0.263 e. The fourth-order valence-corrected chi connectivity index (χ4v) is 5.12. The lowest BCUT2D eigenvalue weighted by molar-refractivity contribution is -0.133. The van der Waals surface area contributed by atoms with Crippen LogP contribution in [0, 0.1) is 0 Å². The summed E-state index contributed by atoms with van der Waals surface area (Å²) in [6.07, 6.45) is 0. The van der Waals surface area contributed by atoms with Gasteiger partial charge in [-0.05, 0) is 43.3 Å². The number of amides is 1. The van der Waals surface area contributed by atoms with E-state index in [0.717, 1.165) is 25.4 Å². The van der Waals surface area contributed by atoms with Crippen molar-refractivity contribution < 1.29 is 17.9 Å². The number of carbonyl (C=O) groups excluding carboxylic acids is 1. The van der Waals surface area contributed by atoms with E-state index in [1.165, 1.54) is 6.07 Å². The molecule has 1 fully saturated rings. The largest absolute Gasteiger partial charge is 0.492 e. The molecule has 1 amide bonds. The van der Waals surface area contributed by atoms with E-state index in [9.17, 15) is 13.2 Å². The molecule has 1 N–H and O–H groups in total. The fraction of sp³-hybridized carbons (Fsp3) is 0.364. The summed E-state index contributed by atoms with van der Waals surface area (Å²) < 4.78 is 32.7. The van der Waals surface area contributed by atoms with Crippen LogP contribution >= 0.6 is 11.6 Å². The summed E-state index contributed by atoms with van der Waals surface area (Å²) >= 11 is 5.88. The molecular weight excluding hydrogens is 452 g/mol. The van der Waals surface area contributed by atoms with Gasteiger partial charge >= 0.3 is 0 Å². The number of nitrogens with zero attached hydrogens (tertiary/aromatic N) is 3. The molecule has 0 saturated carbocycles. The van der Waals surface area contributed by atoms with Crippen molar-refractivity contribution in [1.29, 1.82) is 0 Å². The Balaban J connectivity index is 1.28. The number of hydrogen-bond acceptors (Lipinski definition) is 6. The van der Waals surface area contributed by atoms with E-state index in [1.54, 1.807) is 42.2 Å². The molecule has 1 atom stereocenters. The Morgan fingerprint density at radius 2 is 1.81 bits per heavy atom. The molecule has 170 valence electrons. The van der Waals surface area contributed by atoms with Gasteiger partial charge in [-0.2, -0.15) is 0 Å². The van der Waals surface area contributed by atoms with E-state index in [-0.39, 0.29) is 16.6 Å². The Bertz CT molecular complexity index is 1110. The van der Waals surface area contributed by atoms with Gasteiger partial charge in [-0.1, -0.05) is 23.7 Å². The second-order valence-corrected chi connectivity index (χ2v) is 9.81. The first-order valence-electron chi connectivity index (χ1n) is 10.4. The van der Waals surface area contributed by atoms with Crippen molar-refractivity contribution >= 4 is 33.4 Å². The summed E-state index contributed by atoms with van der Waals surface area (Å²) in [6.45, 7) is 5.69. The monoisotopic (exact) mass is 476 g/mol. The lowest BCUT2D eigenvalue weighted by Gasteiger charge is -2.35. The number of amidine groups is 1. The van der Waals surface area contributed by atoms with Crippen LogP contribution in [0.25, 0.3) is 0 Å². The van der Waals surface area contributed by atoms with Gasteiger partial charge in [-0.15, -0.1) is 0 Å². The second kappa shape index (κ2) is 9.48. The average Bonchev–Trinajstić information content (AvgIpc) is 3.05. The van der Waals surface area contributed by atoms with Crippen LogP contribution in [0.3, 0.4) is 0 Å². The van der Waals surface area contributed by atoms with Crippen molar-refractivity contribution in [3.05, 3.63) is 59.1 Å². The summed E-state index contributed by atoms with van der Waals surface area (Å²) in [5.74, 6) is 0.887. The molecule has 2 aliphatic rings. The van der Waals surface area contributed by atoms with Gasteiger partial charge in [0.1, 0.15) is 24.2 Å². The van der Waals surface area contributed by atoms with E-state index in [2.05, 4.69) is 14.6 Å². The van der Waals surface area contributed by atoms with E-state index in [1.807, 2.05) is 12.1 Å². The van der Waals surface area contributed by atoms with Crippen LogP contribution in [0.2, 0.25) is 5.02 Å². The van der Waals surface area contributed by atoms with Crippen LogP contribution in [-0.4, -0.2) is 75.3 Å². The SMILES string of the molecule is C[C@H](N=C1NS(=O)(=O)c2ccccc21)C(=O)N1CCN(CCOc2ccc(Cl)cc2)CC1. The Kier molecular flexibility index (Phi) is 6.68. The number of hydrogen-bond donors (Lipinski definition) is 1. The van der Waals surface area contributed by atoms with Gasteiger partial charge in [-0.3, -0.25) is 19.4 Å². The van der Waals surface area contributed by atoms with Crippen LogP contribution in [0.15, 0.2) is 58.4 Å². The highest BCUT2D eigenvalue weighted by Crippen LogP contribution is 2.23. The highest BCUT2D eigenvalue weighted by molar-refractivity contribution is 7.90. The predicted octanol–water partition coefficient (Wildman–Crippen LogP) is 1.99. The number of rotatable bonds is 6. The Hall–Kier alpha value is -2.62. The molecule has 0 aromatic heterocycles. The molecule has 0 spiro atoms. The van der Waals surface area contributed by atoms with Crippen molar-refractivity contribution in [3.8, 4) is 5.75 Å². The Labute approximate surface area is 192 Å². The van der Waals surface area contributed by atoms with E-state index in [4.69, 9.17) is 16.3 Å². The average molecular weight is 477 g/mol. The van der Waals surface area contributed by atoms with Gasteiger partial charge in [-0.25, -0.2) is 8.42 Å². The lowest BCUT2D eigenvalue weighted by Crippen LogP contribution is -2.51. The predicted molar refractivity (Wildman–Crippen MR) is 123 cm³/mol. The number of ether oxygens (including phenoxy) is 1. The van der Waals surface area contributed by atoms with Gasteiger partial charge < -0.3 is 9.64 Å². The molecule has 0 aliphatic carbocycles. The topological polar surface area (TPSA) is 91.3 Å². The summed E-state index contributed by atoms with van der Waals surface area (Å²) in [4.78, 5) is 21.5. The number of carbonyl (C=O) groups is 1. The van der Waals surface area contributed by atoms with Crippen molar-refractivity contribution in [3.63, 3.8) is 0 Å². The first kappa shape index (κ1) is 22.6. The van der Waals surface area contributed by atoms with Gasteiger partial charge in [0.05, 0.1) is 4.90 Å². The number of sulfonamides is 1. The molecule has 0 unspecified atom stereocenters. The fourth-order valence-electron chi connectivity index (χ4n) is 3.76. The molecule has 2 aromatic carbocycles. The van der Waals surface area contributed by atoms with Gasteiger partial charge in [0.25, 0.3) is 10.0 Å². The van der Waals surface area contributed by atoms with E-state index >= 15 is 0 Å². The van der Waals surface area contributed by atoms with Gasteiger partial charge in [0.15, 0.2) is 0 Å². The maximum absolute atomic E-state index is 12.9. The first-order chi connectivity index (χ1) is 15.3. The van der Waals surface area contributed by atoms with Crippen LogP contribution in [0.4, 0.5) is 0 Å². The lowest BCUT2D eigenvalue weighted by atomic mass is 10.2. The summed E-state index contributed by atoms with van der Waals surface area (Å²) in [6, 6.07) is 13.2. The van der Waals surface area contributed by atoms with Crippen molar-refractivity contribution in [2.45, 2.75) is 17.9 Å². The zero-order valence-electron chi connectivity index (χ0n) is 17.7. The van der Waals surface area contributed by atoms with E-state index < -0.39 is 16.1 Å². The second-order valence-electron chi connectivity index (χ2n) is 7.72. The van der Waals surface area contributed by atoms with Crippen LogP contribution in [0.1, 0.15) is 12.5 Å². The highest BCUT2D eigenvalue weighted by Gasteiger charge is 2.32. The number of halogens is 1. The Morgan fingerprint density at radius 1 is 1.12 bits per heavy atom. The Morgan fingerprint density at radius 3 is 2.53 bits per heavy atom. The molecule has 4 rings (SSSR count). The third-order valence-corrected chi connectivity index (χ3v) is 7.17. The number of benzene rings is 2. The normalized spacial score (nSPS) is 19.9. The number of nitrogens with one attached hydrogen (secondary N) is 1. The third kappa shape index (κ3) is 5.06. The molecular formula is C22H25ClN4O4S. The minimum Gasteiger partial charge on any atom is -0.492 e. The molecule has 2 aromatic rings. The molecule has 0 radical (unpaired) electrons. The van der Waals surface area contributed by atoms with Crippen LogP contribution in [-0.2, 0) is 14.8 Å². The summed E-state index contributed by atoms with van der Waals surface area (Å²) in [7, 11) is -3.62.